The van der Waals surface area contributed by atoms with E-state index in [0.29, 0.717) is 0 Å². The van der Waals surface area contributed by atoms with E-state index in [1.807, 2.05) is 30.3 Å². The maximum Gasteiger partial charge on any atom is 0.416 e. The van der Waals surface area contributed by atoms with Gasteiger partial charge in [-0.25, -0.2) is 0 Å². The molecule has 2 atom stereocenters. The summed E-state index contributed by atoms with van der Waals surface area (Å²) in [6.45, 7) is 0. The zero-order valence-corrected chi connectivity index (χ0v) is 10.5. The van der Waals surface area contributed by atoms with Crippen molar-refractivity contribution in [3.8, 4) is 11.1 Å². The lowest BCUT2D eigenvalue weighted by Gasteiger charge is -2.22. The predicted molar refractivity (Wildman–Crippen MR) is 70.9 cm³/mol. The van der Waals surface area contributed by atoms with E-state index in [0.717, 1.165) is 11.1 Å². The van der Waals surface area contributed by atoms with Gasteiger partial charge in [-0.15, -0.1) is 0 Å². The average Bonchev–Trinajstić information content (AvgIpc) is 2.46. The van der Waals surface area contributed by atoms with Crippen LogP contribution in [0.4, 0.5) is 13.2 Å². The first-order chi connectivity index (χ1) is 9.39. The topological polar surface area (TPSA) is 46.2 Å². The third kappa shape index (κ3) is 3.18. The van der Waals surface area contributed by atoms with Crippen LogP contribution in [0.25, 0.3) is 11.1 Å². The monoisotopic (exact) mass is 281 g/mol. The quantitative estimate of drug-likeness (QED) is 0.907. The second-order valence-corrected chi connectivity index (χ2v) is 4.50. The van der Waals surface area contributed by atoms with Crippen LogP contribution in [0, 0.1) is 0 Å². The first-order valence-corrected chi connectivity index (χ1v) is 6.05. The van der Waals surface area contributed by atoms with Crippen LogP contribution in [0.5, 0.6) is 0 Å². The molecule has 0 spiro atoms. The Bertz CT molecular complexity index is 569. The van der Waals surface area contributed by atoms with Gasteiger partial charge in [0, 0.05) is 0 Å². The van der Waals surface area contributed by atoms with Crippen LogP contribution in [0.1, 0.15) is 11.6 Å². The second kappa shape index (κ2) is 5.64. The number of rotatable bonds is 3. The van der Waals surface area contributed by atoms with Crippen molar-refractivity contribution in [2.24, 2.45) is 5.73 Å². The lowest BCUT2D eigenvalue weighted by Crippen LogP contribution is -2.38. The van der Waals surface area contributed by atoms with E-state index < -0.39 is 18.3 Å². The molecule has 0 radical (unpaired) electrons. The van der Waals surface area contributed by atoms with Gasteiger partial charge in [0.2, 0.25) is 0 Å². The Morgan fingerprint density at radius 3 is 2.10 bits per heavy atom. The number of halogens is 3. The summed E-state index contributed by atoms with van der Waals surface area (Å²) in [5, 5.41) is 9.22. The normalized spacial score (nSPS) is 14.8. The van der Waals surface area contributed by atoms with Crippen molar-refractivity contribution in [3.63, 3.8) is 0 Å². The number of alkyl halides is 3. The smallest absolute Gasteiger partial charge is 0.382 e. The molecule has 3 N–H and O–H groups in total. The highest BCUT2D eigenvalue weighted by atomic mass is 19.4. The van der Waals surface area contributed by atoms with Crippen molar-refractivity contribution < 1.29 is 18.3 Å². The molecule has 0 saturated carbocycles. The zero-order chi connectivity index (χ0) is 14.8. The van der Waals surface area contributed by atoms with Crippen LogP contribution in [0.15, 0.2) is 54.6 Å². The number of hydrogen-bond donors (Lipinski definition) is 2. The molecule has 2 rings (SSSR count). The Labute approximate surface area is 114 Å². The van der Waals surface area contributed by atoms with Crippen LogP contribution in [-0.4, -0.2) is 17.4 Å². The predicted octanol–water partition coefficient (Wildman–Crippen LogP) is 3.28. The largest absolute Gasteiger partial charge is 0.416 e. The van der Waals surface area contributed by atoms with E-state index in [2.05, 4.69) is 0 Å². The average molecular weight is 281 g/mol. The molecule has 2 aromatic carbocycles. The van der Waals surface area contributed by atoms with Gasteiger partial charge < -0.3 is 10.8 Å². The number of aliphatic hydroxyl groups excluding tert-OH is 1. The van der Waals surface area contributed by atoms with Gasteiger partial charge in [-0.3, -0.25) is 0 Å². The second-order valence-electron chi connectivity index (χ2n) is 4.50. The Hall–Kier alpha value is -1.85. The molecule has 0 bridgehead atoms. The van der Waals surface area contributed by atoms with E-state index >= 15 is 0 Å². The van der Waals surface area contributed by atoms with E-state index in [9.17, 15) is 18.3 Å². The van der Waals surface area contributed by atoms with E-state index in [-0.39, 0.29) is 5.56 Å². The Kier molecular flexibility index (Phi) is 4.11. The van der Waals surface area contributed by atoms with Gasteiger partial charge in [-0.1, -0.05) is 48.5 Å². The van der Waals surface area contributed by atoms with Crippen molar-refractivity contribution in [1.82, 2.24) is 0 Å². The maximum absolute atomic E-state index is 12.5. The molecule has 0 unspecified atom stereocenters. The lowest BCUT2D eigenvalue weighted by atomic mass is 9.97. The van der Waals surface area contributed by atoms with Gasteiger partial charge in [0.1, 0.15) is 0 Å². The van der Waals surface area contributed by atoms with E-state index in [1.54, 1.807) is 18.2 Å². The Morgan fingerprint density at radius 2 is 1.50 bits per heavy atom. The van der Waals surface area contributed by atoms with Crippen LogP contribution >= 0.6 is 0 Å². The van der Waals surface area contributed by atoms with E-state index in [1.165, 1.54) is 6.07 Å². The molecule has 0 aliphatic heterocycles. The van der Waals surface area contributed by atoms with Crippen molar-refractivity contribution in [2.45, 2.75) is 18.3 Å². The summed E-state index contributed by atoms with van der Waals surface area (Å²) in [6.07, 6.45) is -7.31. The fourth-order valence-corrected chi connectivity index (χ4v) is 1.94. The first-order valence-electron chi connectivity index (χ1n) is 6.05. The molecule has 0 fully saturated rings. The highest BCUT2D eigenvalue weighted by molar-refractivity contribution is 5.64. The molecular weight excluding hydrogens is 267 g/mol. The molecule has 0 aromatic heterocycles. The molecule has 2 aromatic rings. The summed E-state index contributed by atoms with van der Waals surface area (Å²) < 4.78 is 37.4. The van der Waals surface area contributed by atoms with Crippen LogP contribution in [-0.2, 0) is 0 Å². The number of nitrogens with two attached hydrogens (primary N) is 1. The van der Waals surface area contributed by atoms with E-state index in [4.69, 9.17) is 5.73 Å². The number of benzene rings is 2. The summed E-state index contributed by atoms with van der Waals surface area (Å²) in [5.41, 5.74) is 7.38. The zero-order valence-electron chi connectivity index (χ0n) is 10.5. The molecule has 0 aliphatic rings. The summed E-state index contributed by atoms with van der Waals surface area (Å²) >= 11 is 0. The van der Waals surface area contributed by atoms with Crippen LogP contribution in [0.3, 0.4) is 0 Å². The highest BCUT2D eigenvalue weighted by Gasteiger charge is 2.42. The van der Waals surface area contributed by atoms with Gasteiger partial charge in [-0.05, 0) is 22.8 Å². The molecule has 20 heavy (non-hydrogen) atoms. The molecule has 0 heterocycles. The molecule has 0 saturated heterocycles. The van der Waals surface area contributed by atoms with Crippen molar-refractivity contribution >= 4 is 0 Å². The first kappa shape index (κ1) is 14.6. The fraction of sp³-hybridized carbons (Fsp3) is 0.200. The molecular formula is C15H14F3NO. The van der Waals surface area contributed by atoms with Crippen molar-refractivity contribution in [2.75, 3.05) is 0 Å². The standard InChI is InChI=1S/C15H14F3NO/c16-15(17,18)14(20)13(19)12-8-4-7-11(9-12)10-5-2-1-3-6-10/h1-9,13-14,20H,19H2/t13-,14-/m1/s1. The SMILES string of the molecule is N[C@H](c1cccc(-c2ccccc2)c1)[C@@H](O)C(F)(F)F. The molecule has 106 valence electrons. The molecule has 0 aliphatic carbocycles. The lowest BCUT2D eigenvalue weighted by molar-refractivity contribution is -0.210. The van der Waals surface area contributed by atoms with Gasteiger partial charge in [0.15, 0.2) is 6.10 Å². The third-order valence-electron chi connectivity index (χ3n) is 3.05. The molecule has 5 heteroatoms. The minimum Gasteiger partial charge on any atom is -0.382 e. The van der Waals surface area contributed by atoms with Crippen molar-refractivity contribution in [3.05, 3.63) is 60.2 Å². The van der Waals surface area contributed by atoms with Gasteiger partial charge in [0.05, 0.1) is 6.04 Å². The van der Waals surface area contributed by atoms with Gasteiger partial charge in [-0.2, -0.15) is 13.2 Å². The van der Waals surface area contributed by atoms with Crippen LogP contribution < -0.4 is 5.73 Å². The summed E-state index contributed by atoms with van der Waals surface area (Å²) in [4.78, 5) is 0. The maximum atomic E-state index is 12.5. The highest BCUT2D eigenvalue weighted by Crippen LogP contribution is 2.30. The summed E-state index contributed by atoms with van der Waals surface area (Å²) in [5.74, 6) is 0. The summed E-state index contributed by atoms with van der Waals surface area (Å²) in [6, 6.07) is 14.2. The number of aliphatic hydroxyl groups is 1. The van der Waals surface area contributed by atoms with Gasteiger partial charge in [0.25, 0.3) is 0 Å². The fourth-order valence-electron chi connectivity index (χ4n) is 1.94. The van der Waals surface area contributed by atoms with Crippen LogP contribution in [0.2, 0.25) is 0 Å². The number of hydrogen-bond acceptors (Lipinski definition) is 2. The molecule has 2 nitrogen and oxygen atoms in total. The Morgan fingerprint density at radius 1 is 0.900 bits per heavy atom. The van der Waals surface area contributed by atoms with Gasteiger partial charge >= 0.3 is 6.18 Å². The third-order valence-corrected chi connectivity index (χ3v) is 3.05. The minimum absolute atomic E-state index is 0.246. The summed E-state index contributed by atoms with van der Waals surface area (Å²) in [7, 11) is 0. The van der Waals surface area contributed by atoms with Crippen molar-refractivity contribution in [1.29, 1.82) is 0 Å². The molecule has 0 amide bonds. The minimum atomic E-state index is -4.73. The Balaban J connectivity index is 2.31.